The molecule has 0 saturated heterocycles. The number of rotatable bonds is 3. The first kappa shape index (κ1) is 13.7. The molecule has 4 nitrogen and oxygen atoms in total. The van der Waals surface area contributed by atoms with E-state index in [-0.39, 0.29) is 23.2 Å². The summed E-state index contributed by atoms with van der Waals surface area (Å²) in [7, 11) is 1.65. The summed E-state index contributed by atoms with van der Waals surface area (Å²) < 4.78 is 15.1. The lowest BCUT2D eigenvalue weighted by Crippen LogP contribution is -2.23. The van der Waals surface area contributed by atoms with Crippen LogP contribution >= 0.6 is 15.9 Å². The molecule has 100 valence electrons. The molecule has 0 aliphatic rings. The molecule has 0 radical (unpaired) electrons. The maximum atomic E-state index is 13.2. The van der Waals surface area contributed by atoms with Gasteiger partial charge in [-0.15, -0.1) is 0 Å². The van der Waals surface area contributed by atoms with Crippen LogP contribution in [0.3, 0.4) is 0 Å². The summed E-state index contributed by atoms with van der Waals surface area (Å²) in [6.07, 6.45) is 1.58. The van der Waals surface area contributed by atoms with Crippen LogP contribution in [0.1, 0.15) is 18.5 Å². The van der Waals surface area contributed by atoms with Gasteiger partial charge in [-0.3, -0.25) is 4.79 Å². The van der Waals surface area contributed by atoms with Gasteiger partial charge in [0.25, 0.3) is 5.56 Å². The van der Waals surface area contributed by atoms with Gasteiger partial charge in [-0.25, -0.2) is 9.37 Å². The zero-order valence-corrected chi connectivity index (χ0v) is 12.1. The SMILES string of the molecule is CC(Nc1nc(Br)cn(C)c1=O)c1cccc(F)c1. The van der Waals surface area contributed by atoms with Crippen LogP contribution in [0.4, 0.5) is 10.2 Å². The highest BCUT2D eigenvalue weighted by Crippen LogP contribution is 2.17. The van der Waals surface area contributed by atoms with Gasteiger partial charge in [-0.1, -0.05) is 12.1 Å². The van der Waals surface area contributed by atoms with E-state index in [4.69, 9.17) is 0 Å². The second-order valence-corrected chi connectivity index (χ2v) is 5.06. The number of benzene rings is 1. The summed E-state index contributed by atoms with van der Waals surface area (Å²) in [5, 5.41) is 2.99. The zero-order valence-electron chi connectivity index (χ0n) is 10.5. The molecule has 2 rings (SSSR count). The minimum atomic E-state index is -0.304. The first-order chi connectivity index (χ1) is 8.97. The predicted molar refractivity (Wildman–Crippen MR) is 75.6 cm³/mol. The largest absolute Gasteiger partial charge is 0.359 e. The Kier molecular flexibility index (Phi) is 3.99. The summed E-state index contributed by atoms with van der Waals surface area (Å²) in [6.45, 7) is 1.84. The Balaban J connectivity index is 2.29. The predicted octanol–water partition coefficient (Wildman–Crippen LogP) is 2.86. The van der Waals surface area contributed by atoms with Gasteiger partial charge in [0.1, 0.15) is 10.4 Å². The van der Waals surface area contributed by atoms with Gasteiger partial charge in [0.15, 0.2) is 5.82 Å². The van der Waals surface area contributed by atoms with Crippen LogP contribution in [0.15, 0.2) is 39.9 Å². The molecule has 0 spiro atoms. The van der Waals surface area contributed by atoms with E-state index < -0.39 is 0 Å². The highest BCUT2D eigenvalue weighted by molar-refractivity contribution is 9.10. The van der Waals surface area contributed by atoms with Crippen LogP contribution < -0.4 is 10.9 Å². The Labute approximate surface area is 118 Å². The summed E-state index contributed by atoms with van der Waals surface area (Å²) in [5.41, 5.74) is 0.523. The molecule has 1 aromatic heterocycles. The van der Waals surface area contributed by atoms with Crippen LogP contribution in [0.2, 0.25) is 0 Å². The average Bonchev–Trinajstić information content (AvgIpc) is 2.35. The second-order valence-electron chi connectivity index (χ2n) is 4.25. The van der Waals surface area contributed by atoms with Crippen LogP contribution in [-0.4, -0.2) is 9.55 Å². The average molecular weight is 326 g/mol. The van der Waals surface area contributed by atoms with Crippen molar-refractivity contribution in [2.24, 2.45) is 7.05 Å². The molecule has 1 heterocycles. The first-order valence-electron chi connectivity index (χ1n) is 5.72. The highest BCUT2D eigenvalue weighted by Gasteiger charge is 2.11. The number of anilines is 1. The van der Waals surface area contributed by atoms with E-state index in [9.17, 15) is 9.18 Å². The van der Waals surface area contributed by atoms with Crippen molar-refractivity contribution in [3.05, 3.63) is 56.8 Å². The summed E-state index contributed by atoms with van der Waals surface area (Å²) in [4.78, 5) is 16.0. The van der Waals surface area contributed by atoms with E-state index in [0.29, 0.717) is 4.60 Å². The Bertz CT molecular complexity index is 657. The van der Waals surface area contributed by atoms with Crippen LogP contribution in [0.25, 0.3) is 0 Å². The third kappa shape index (κ3) is 3.20. The van der Waals surface area contributed by atoms with Gasteiger partial charge >= 0.3 is 0 Å². The number of nitrogens with one attached hydrogen (secondary N) is 1. The molecule has 1 unspecified atom stereocenters. The molecule has 0 aliphatic carbocycles. The van der Waals surface area contributed by atoms with Gasteiger partial charge < -0.3 is 9.88 Å². The maximum Gasteiger partial charge on any atom is 0.293 e. The van der Waals surface area contributed by atoms with Crippen molar-refractivity contribution < 1.29 is 4.39 Å². The molecule has 0 saturated carbocycles. The number of aromatic nitrogens is 2. The van der Waals surface area contributed by atoms with E-state index >= 15 is 0 Å². The molecular formula is C13H13BrFN3O. The fourth-order valence-corrected chi connectivity index (χ4v) is 2.21. The number of hydrogen-bond acceptors (Lipinski definition) is 3. The topological polar surface area (TPSA) is 46.9 Å². The van der Waals surface area contributed by atoms with E-state index in [0.717, 1.165) is 5.56 Å². The van der Waals surface area contributed by atoms with E-state index in [1.165, 1.54) is 16.7 Å². The maximum absolute atomic E-state index is 13.2. The van der Waals surface area contributed by atoms with Gasteiger partial charge in [-0.05, 0) is 40.5 Å². The number of nitrogens with zero attached hydrogens (tertiary/aromatic N) is 2. The lowest BCUT2D eigenvalue weighted by Gasteiger charge is -2.15. The third-order valence-corrected chi connectivity index (χ3v) is 3.13. The summed E-state index contributed by atoms with van der Waals surface area (Å²) in [5.74, 6) is -0.0742. The fourth-order valence-electron chi connectivity index (χ4n) is 1.73. The van der Waals surface area contributed by atoms with Crippen molar-refractivity contribution in [1.82, 2.24) is 9.55 Å². The molecule has 6 heteroatoms. The first-order valence-corrected chi connectivity index (χ1v) is 6.52. The summed E-state index contributed by atoms with van der Waals surface area (Å²) in [6, 6.07) is 6.02. The normalized spacial score (nSPS) is 12.2. The van der Waals surface area contributed by atoms with Crippen molar-refractivity contribution in [2.75, 3.05) is 5.32 Å². The molecule has 19 heavy (non-hydrogen) atoms. The van der Waals surface area contributed by atoms with E-state index in [1.807, 2.05) is 6.92 Å². The Hall–Kier alpha value is -1.69. The van der Waals surface area contributed by atoms with Crippen molar-refractivity contribution in [3.8, 4) is 0 Å². The van der Waals surface area contributed by atoms with E-state index in [1.54, 1.807) is 25.4 Å². The standard InChI is InChI=1S/C13H13BrFN3O/c1-8(9-4-3-5-10(15)6-9)16-12-13(19)18(2)7-11(14)17-12/h3-8H,1-2H3,(H,16,17). The van der Waals surface area contributed by atoms with Crippen molar-refractivity contribution in [1.29, 1.82) is 0 Å². The Morgan fingerprint density at radius 1 is 1.47 bits per heavy atom. The molecule has 0 aliphatic heterocycles. The van der Waals surface area contributed by atoms with Crippen molar-refractivity contribution in [2.45, 2.75) is 13.0 Å². The molecule has 1 aromatic carbocycles. The lowest BCUT2D eigenvalue weighted by molar-refractivity contribution is 0.623. The minimum Gasteiger partial charge on any atom is -0.359 e. The third-order valence-electron chi connectivity index (χ3n) is 2.74. The Morgan fingerprint density at radius 2 is 2.21 bits per heavy atom. The minimum absolute atomic E-state index is 0.217. The van der Waals surface area contributed by atoms with Gasteiger partial charge in [0.05, 0.1) is 6.04 Å². The molecule has 2 aromatic rings. The Morgan fingerprint density at radius 3 is 2.89 bits per heavy atom. The second kappa shape index (κ2) is 5.52. The molecule has 0 bridgehead atoms. The van der Waals surface area contributed by atoms with Crippen molar-refractivity contribution in [3.63, 3.8) is 0 Å². The van der Waals surface area contributed by atoms with Crippen molar-refractivity contribution >= 4 is 21.7 Å². The quantitative estimate of drug-likeness (QED) is 0.943. The number of hydrogen-bond donors (Lipinski definition) is 1. The van der Waals surface area contributed by atoms with Crippen LogP contribution in [0, 0.1) is 5.82 Å². The van der Waals surface area contributed by atoms with Gasteiger partial charge in [0.2, 0.25) is 0 Å². The fraction of sp³-hybridized carbons (Fsp3) is 0.231. The molecule has 1 N–H and O–H groups in total. The highest BCUT2D eigenvalue weighted by atomic mass is 79.9. The number of aryl methyl sites for hydroxylation is 1. The van der Waals surface area contributed by atoms with Gasteiger partial charge in [0, 0.05) is 13.2 Å². The molecule has 1 atom stereocenters. The van der Waals surface area contributed by atoms with Crippen LogP contribution in [-0.2, 0) is 7.05 Å². The van der Waals surface area contributed by atoms with E-state index in [2.05, 4.69) is 26.2 Å². The van der Waals surface area contributed by atoms with Crippen LogP contribution in [0.5, 0.6) is 0 Å². The zero-order chi connectivity index (χ0) is 14.0. The lowest BCUT2D eigenvalue weighted by atomic mass is 10.1. The molecule has 0 fully saturated rings. The molecule has 0 amide bonds. The summed E-state index contributed by atoms with van der Waals surface area (Å²) >= 11 is 3.23. The number of halogens is 2. The van der Waals surface area contributed by atoms with Gasteiger partial charge in [-0.2, -0.15) is 0 Å². The smallest absolute Gasteiger partial charge is 0.293 e. The monoisotopic (exact) mass is 325 g/mol. The molecular weight excluding hydrogens is 313 g/mol.